The first-order valence-corrected chi connectivity index (χ1v) is 6.85. The molecule has 0 N–H and O–H groups in total. The largest absolute Gasteiger partial charge is 0.340 e. The number of benzene rings is 1. The standard InChI is InChI=1S/C16H23NO/c1-11(2)17-6-5-14(10-16(17)18)15-8-12(3)7-13(4)9-15/h7-9,11,14H,5-6,10H2,1-4H3. The summed E-state index contributed by atoms with van der Waals surface area (Å²) in [5.41, 5.74) is 3.93. The number of likely N-dealkylation sites (tertiary alicyclic amines) is 1. The summed E-state index contributed by atoms with van der Waals surface area (Å²) in [4.78, 5) is 14.1. The van der Waals surface area contributed by atoms with Crippen molar-refractivity contribution in [2.75, 3.05) is 6.54 Å². The summed E-state index contributed by atoms with van der Waals surface area (Å²) in [5, 5.41) is 0. The van der Waals surface area contributed by atoms with Crippen LogP contribution in [0.15, 0.2) is 18.2 Å². The summed E-state index contributed by atoms with van der Waals surface area (Å²) >= 11 is 0. The lowest BCUT2D eigenvalue weighted by Crippen LogP contribution is -2.42. The summed E-state index contributed by atoms with van der Waals surface area (Å²) in [5.74, 6) is 0.714. The monoisotopic (exact) mass is 245 g/mol. The molecule has 0 bridgehead atoms. The van der Waals surface area contributed by atoms with E-state index in [4.69, 9.17) is 0 Å². The molecule has 2 heteroatoms. The molecule has 0 spiro atoms. The van der Waals surface area contributed by atoms with E-state index in [2.05, 4.69) is 45.9 Å². The van der Waals surface area contributed by atoms with Gasteiger partial charge in [0, 0.05) is 19.0 Å². The van der Waals surface area contributed by atoms with E-state index in [-0.39, 0.29) is 0 Å². The summed E-state index contributed by atoms with van der Waals surface area (Å²) in [7, 11) is 0. The molecule has 18 heavy (non-hydrogen) atoms. The van der Waals surface area contributed by atoms with Crippen molar-refractivity contribution in [3.05, 3.63) is 34.9 Å². The van der Waals surface area contributed by atoms with Gasteiger partial charge in [0.1, 0.15) is 0 Å². The Morgan fingerprint density at radius 1 is 1.17 bits per heavy atom. The SMILES string of the molecule is Cc1cc(C)cc(C2CCN(C(C)C)C(=O)C2)c1. The van der Waals surface area contributed by atoms with Crippen molar-refractivity contribution in [1.29, 1.82) is 0 Å². The van der Waals surface area contributed by atoms with Crippen molar-refractivity contribution < 1.29 is 4.79 Å². The molecule has 0 saturated carbocycles. The highest BCUT2D eigenvalue weighted by Crippen LogP contribution is 2.30. The van der Waals surface area contributed by atoms with Crippen molar-refractivity contribution in [2.24, 2.45) is 0 Å². The fourth-order valence-electron chi connectivity index (χ4n) is 2.93. The average Bonchev–Trinajstić information content (AvgIpc) is 2.26. The Morgan fingerprint density at radius 3 is 2.28 bits per heavy atom. The second-order valence-corrected chi connectivity index (χ2v) is 5.79. The Kier molecular flexibility index (Phi) is 3.74. The molecule has 0 radical (unpaired) electrons. The summed E-state index contributed by atoms with van der Waals surface area (Å²) in [6.07, 6.45) is 1.76. The quantitative estimate of drug-likeness (QED) is 0.782. The van der Waals surface area contributed by atoms with Crippen LogP contribution in [0.25, 0.3) is 0 Å². The van der Waals surface area contributed by atoms with Crippen LogP contribution in [0.1, 0.15) is 49.3 Å². The molecule has 1 atom stereocenters. The van der Waals surface area contributed by atoms with Crippen LogP contribution in [0.4, 0.5) is 0 Å². The first kappa shape index (κ1) is 13.1. The fourth-order valence-corrected chi connectivity index (χ4v) is 2.93. The van der Waals surface area contributed by atoms with Crippen LogP contribution in [0.5, 0.6) is 0 Å². The lowest BCUT2D eigenvalue weighted by atomic mass is 9.87. The number of rotatable bonds is 2. The van der Waals surface area contributed by atoms with Gasteiger partial charge in [-0.25, -0.2) is 0 Å². The normalized spacial score (nSPS) is 20.6. The zero-order chi connectivity index (χ0) is 13.3. The molecule has 1 aliphatic heterocycles. The maximum Gasteiger partial charge on any atom is 0.223 e. The molecule has 0 aliphatic carbocycles. The van der Waals surface area contributed by atoms with E-state index in [1.807, 2.05) is 4.90 Å². The van der Waals surface area contributed by atoms with Crippen molar-refractivity contribution in [1.82, 2.24) is 4.90 Å². The van der Waals surface area contributed by atoms with Gasteiger partial charge in [0.25, 0.3) is 0 Å². The molecule has 1 amide bonds. The zero-order valence-electron chi connectivity index (χ0n) is 11.9. The van der Waals surface area contributed by atoms with Gasteiger partial charge >= 0.3 is 0 Å². The molecule has 1 aromatic carbocycles. The van der Waals surface area contributed by atoms with Gasteiger partial charge in [0.15, 0.2) is 0 Å². The third-order valence-electron chi connectivity index (χ3n) is 3.80. The predicted molar refractivity (Wildman–Crippen MR) is 74.7 cm³/mol. The van der Waals surface area contributed by atoms with Crippen LogP contribution in [0, 0.1) is 13.8 Å². The van der Waals surface area contributed by atoms with Crippen LogP contribution in [0.2, 0.25) is 0 Å². The second-order valence-electron chi connectivity index (χ2n) is 5.79. The van der Waals surface area contributed by atoms with Crippen LogP contribution in [-0.2, 0) is 4.79 Å². The molecule has 1 heterocycles. The Morgan fingerprint density at radius 2 is 1.78 bits per heavy atom. The number of piperidine rings is 1. The molecule has 0 aromatic heterocycles. The fraction of sp³-hybridized carbons (Fsp3) is 0.562. The van der Waals surface area contributed by atoms with Crippen molar-refractivity contribution >= 4 is 5.91 Å². The molecule has 2 rings (SSSR count). The average molecular weight is 245 g/mol. The maximum absolute atomic E-state index is 12.1. The minimum Gasteiger partial charge on any atom is -0.340 e. The topological polar surface area (TPSA) is 20.3 Å². The highest BCUT2D eigenvalue weighted by Gasteiger charge is 2.28. The molecule has 1 fully saturated rings. The van der Waals surface area contributed by atoms with Crippen LogP contribution in [-0.4, -0.2) is 23.4 Å². The van der Waals surface area contributed by atoms with Crippen molar-refractivity contribution in [3.8, 4) is 0 Å². The first-order chi connectivity index (χ1) is 8.47. The van der Waals surface area contributed by atoms with Gasteiger partial charge in [-0.05, 0) is 45.6 Å². The highest BCUT2D eigenvalue weighted by atomic mass is 16.2. The third-order valence-corrected chi connectivity index (χ3v) is 3.80. The molecular weight excluding hydrogens is 222 g/mol. The molecule has 2 nitrogen and oxygen atoms in total. The lowest BCUT2D eigenvalue weighted by Gasteiger charge is -2.34. The van der Waals surface area contributed by atoms with Crippen molar-refractivity contribution in [2.45, 2.75) is 52.5 Å². The van der Waals surface area contributed by atoms with Gasteiger partial charge < -0.3 is 4.90 Å². The van der Waals surface area contributed by atoms with E-state index in [0.717, 1.165) is 13.0 Å². The minimum atomic E-state index is 0.306. The second kappa shape index (κ2) is 5.13. The van der Waals surface area contributed by atoms with E-state index in [0.29, 0.717) is 24.3 Å². The van der Waals surface area contributed by atoms with Crippen LogP contribution in [0.3, 0.4) is 0 Å². The van der Waals surface area contributed by atoms with Gasteiger partial charge in [-0.15, -0.1) is 0 Å². The Bertz CT molecular complexity index is 430. The van der Waals surface area contributed by atoms with E-state index >= 15 is 0 Å². The van der Waals surface area contributed by atoms with Gasteiger partial charge in [0.05, 0.1) is 0 Å². The van der Waals surface area contributed by atoms with E-state index in [1.54, 1.807) is 0 Å². The van der Waals surface area contributed by atoms with E-state index < -0.39 is 0 Å². The van der Waals surface area contributed by atoms with Crippen molar-refractivity contribution in [3.63, 3.8) is 0 Å². The molecule has 98 valence electrons. The van der Waals surface area contributed by atoms with Crippen LogP contribution < -0.4 is 0 Å². The smallest absolute Gasteiger partial charge is 0.223 e. The molecule has 1 aromatic rings. The number of hydrogen-bond donors (Lipinski definition) is 0. The van der Waals surface area contributed by atoms with Gasteiger partial charge in [-0.3, -0.25) is 4.79 Å². The van der Waals surface area contributed by atoms with E-state index in [9.17, 15) is 4.79 Å². The van der Waals surface area contributed by atoms with Crippen LogP contribution >= 0.6 is 0 Å². The molecule has 1 aliphatic rings. The highest BCUT2D eigenvalue weighted by molar-refractivity contribution is 5.78. The van der Waals surface area contributed by atoms with Gasteiger partial charge in [0.2, 0.25) is 5.91 Å². The minimum absolute atomic E-state index is 0.306. The Labute approximate surface area is 110 Å². The Balaban J connectivity index is 2.15. The third kappa shape index (κ3) is 2.74. The number of aryl methyl sites for hydroxylation is 2. The number of carbonyl (C=O) groups excluding carboxylic acids is 1. The van der Waals surface area contributed by atoms with Gasteiger partial charge in [-0.2, -0.15) is 0 Å². The summed E-state index contributed by atoms with van der Waals surface area (Å²) < 4.78 is 0. The van der Waals surface area contributed by atoms with Gasteiger partial charge in [-0.1, -0.05) is 29.3 Å². The molecule has 1 unspecified atom stereocenters. The molecule has 1 saturated heterocycles. The summed E-state index contributed by atoms with van der Waals surface area (Å²) in [6.45, 7) is 9.33. The molecular formula is C16H23NO. The number of nitrogens with zero attached hydrogens (tertiary/aromatic N) is 1. The first-order valence-electron chi connectivity index (χ1n) is 6.85. The number of hydrogen-bond acceptors (Lipinski definition) is 1. The Hall–Kier alpha value is -1.31. The zero-order valence-corrected chi connectivity index (χ0v) is 11.9. The summed E-state index contributed by atoms with van der Waals surface area (Å²) in [6, 6.07) is 6.98. The number of amides is 1. The predicted octanol–water partition coefficient (Wildman–Crippen LogP) is 3.42. The lowest BCUT2D eigenvalue weighted by molar-refractivity contribution is -0.135. The maximum atomic E-state index is 12.1. The number of carbonyl (C=O) groups is 1. The van der Waals surface area contributed by atoms with E-state index in [1.165, 1.54) is 16.7 Å².